The van der Waals surface area contributed by atoms with E-state index < -0.39 is 11.9 Å². The molecule has 0 fully saturated rings. The summed E-state index contributed by atoms with van der Waals surface area (Å²) in [4.78, 5) is 49.9. The third-order valence-corrected chi connectivity index (χ3v) is 4.57. The summed E-state index contributed by atoms with van der Waals surface area (Å²) in [6.07, 6.45) is 1.60. The highest BCUT2D eigenvalue weighted by Gasteiger charge is 2.29. The highest BCUT2D eigenvalue weighted by Crippen LogP contribution is 2.43. The number of esters is 2. The van der Waals surface area contributed by atoms with Gasteiger partial charge in [0.25, 0.3) is 0 Å². The smallest absolute Gasteiger partial charge is 0.347 e. The van der Waals surface area contributed by atoms with Crippen molar-refractivity contribution in [3.05, 3.63) is 45.8 Å². The fraction of sp³-hybridized carbons (Fsp3) is 0.350. The summed E-state index contributed by atoms with van der Waals surface area (Å²) in [5, 5.41) is 0.240. The zero-order valence-electron chi connectivity index (χ0n) is 16.8. The average Bonchev–Trinajstić information content (AvgIpc) is 3.11. The molecule has 0 amide bonds. The Morgan fingerprint density at radius 3 is 2.13 bits per heavy atom. The Bertz CT molecular complexity index is 967. The largest absolute Gasteiger partial charge is 0.472 e. The molecule has 0 atom stereocenters. The molecule has 10 nitrogen and oxygen atoms in total. The summed E-state index contributed by atoms with van der Waals surface area (Å²) in [7, 11) is 0. The molecule has 0 spiro atoms. The fourth-order valence-corrected chi connectivity index (χ4v) is 3.32. The summed E-state index contributed by atoms with van der Waals surface area (Å²) in [5.74, 6) is 1.47. The molecule has 1 aromatic heterocycles. The average molecular weight is 446 g/mol. The van der Waals surface area contributed by atoms with Crippen LogP contribution in [0.2, 0.25) is 0 Å². The lowest BCUT2D eigenvalue weighted by atomic mass is 10.1. The normalized spacial score (nSPS) is 8.94. The second-order valence-electron chi connectivity index (χ2n) is 5.24. The molecule has 0 N–H and O–H groups in total. The van der Waals surface area contributed by atoms with Crippen molar-refractivity contribution >= 4 is 45.8 Å². The number of rotatable bonds is 12. The third kappa shape index (κ3) is 7.73. The van der Waals surface area contributed by atoms with Crippen molar-refractivity contribution in [3.8, 4) is 0 Å². The number of carbonyl (C=O) groups is 2. The molecule has 0 aliphatic carbocycles. The SMILES string of the molecule is [C-]#[N+]c1c(N(COC=C=C=O)COC=C=C=O)sc(C(=O)OCC)c1CC(=O)OCC. The van der Waals surface area contributed by atoms with Crippen LogP contribution < -0.4 is 4.90 Å². The maximum Gasteiger partial charge on any atom is 0.347 e. The van der Waals surface area contributed by atoms with Gasteiger partial charge in [0.1, 0.15) is 22.4 Å². The second-order valence-corrected chi connectivity index (χ2v) is 6.24. The van der Waals surface area contributed by atoms with Crippen LogP contribution >= 0.6 is 11.3 Å². The van der Waals surface area contributed by atoms with Gasteiger partial charge in [-0.05, 0) is 19.4 Å². The number of hydrogen-bond acceptors (Lipinski definition) is 10. The van der Waals surface area contributed by atoms with Crippen molar-refractivity contribution in [1.29, 1.82) is 0 Å². The molecule has 1 rings (SSSR count). The molecule has 0 aliphatic heterocycles. The number of nitrogens with zero attached hydrogens (tertiary/aromatic N) is 2. The fourth-order valence-electron chi connectivity index (χ4n) is 2.20. The maximum atomic E-state index is 12.4. The highest BCUT2D eigenvalue weighted by molar-refractivity contribution is 7.19. The van der Waals surface area contributed by atoms with E-state index in [1.54, 1.807) is 13.8 Å². The second kappa shape index (κ2) is 14.0. The van der Waals surface area contributed by atoms with Gasteiger partial charge in [-0.25, -0.2) is 19.2 Å². The van der Waals surface area contributed by atoms with Gasteiger partial charge in [-0.3, -0.25) is 4.79 Å². The predicted octanol–water partition coefficient (Wildman–Crippen LogP) is 2.34. The van der Waals surface area contributed by atoms with Crippen LogP contribution in [0.4, 0.5) is 10.7 Å². The van der Waals surface area contributed by atoms with Gasteiger partial charge in [0.2, 0.25) is 5.69 Å². The van der Waals surface area contributed by atoms with Gasteiger partial charge in [-0.1, -0.05) is 0 Å². The van der Waals surface area contributed by atoms with Gasteiger partial charge in [0.15, 0.2) is 25.3 Å². The molecule has 0 radical (unpaired) electrons. The Balaban J connectivity index is 3.46. The van der Waals surface area contributed by atoms with E-state index in [0.717, 1.165) is 23.9 Å². The van der Waals surface area contributed by atoms with Crippen molar-refractivity contribution < 1.29 is 38.1 Å². The van der Waals surface area contributed by atoms with E-state index in [1.807, 2.05) is 0 Å². The van der Waals surface area contributed by atoms with Gasteiger partial charge in [-0.15, -0.1) is 11.3 Å². The van der Waals surface area contributed by atoms with E-state index in [4.69, 9.17) is 25.5 Å². The summed E-state index contributed by atoms with van der Waals surface area (Å²) >= 11 is 0.901. The Morgan fingerprint density at radius 1 is 1.06 bits per heavy atom. The quantitative estimate of drug-likeness (QED) is 0.119. The van der Waals surface area contributed by atoms with Crippen LogP contribution in [0.3, 0.4) is 0 Å². The van der Waals surface area contributed by atoms with Gasteiger partial charge >= 0.3 is 11.9 Å². The monoisotopic (exact) mass is 446 g/mol. The van der Waals surface area contributed by atoms with Crippen molar-refractivity contribution in [1.82, 2.24) is 0 Å². The first-order valence-electron chi connectivity index (χ1n) is 8.76. The van der Waals surface area contributed by atoms with Crippen molar-refractivity contribution in [3.63, 3.8) is 0 Å². The third-order valence-electron chi connectivity index (χ3n) is 3.31. The van der Waals surface area contributed by atoms with E-state index in [1.165, 1.54) is 16.8 Å². The number of hydrogen-bond donors (Lipinski definition) is 0. The van der Waals surface area contributed by atoms with Gasteiger partial charge in [0, 0.05) is 11.5 Å². The van der Waals surface area contributed by atoms with Crippen molar-refractivity contribution in [2.45, 2.75) is 20.3 Å². The first kappa shape index (κ1) is 25.0. The van der Waals surface area contributed by atoms with Crippen LogP contribution in [-0.2, 0) is 39.8 Å². The molecular weight excluding hydrogens is 428 g/mol. The Labute approximate surface area is 182 Å². The van der Waals surface area contributed by atoms with Crippen LogP contribution in [0, 0.1) is 6.57 Å². The number of anilines is 1. The van der Waals surface area contributed by atoms with Crippen molar-refractivity contribution in [2.24, 2.45) is 0 Å². The lowest BCUT2D eigenvalue weighted by Gasteiger charge is -2.21. The Morgan fingerprint density at radius 2 is 1.65 bits per heavy atom. The molecule has 0 saturated carbocycles. The molecule has 162 valence electrons. The van der Waals surface area contributed by atoms with E-state index in [-0.39, 0.29) is 54.2 Å². The molecule has 0 unspecified atom stereocenters. The zero-order valence-corrected chi connectivity index (χ0v) is 17.6. The first-order chi connectivity index (χ1) is 15.0. The van der Waals surface area contributed by atoms with Gasteiger partial charge in [-0.2, -0.15) is 0 Å². The highest BCUT2D eigenvalue weighted by atomic mass is 32.1. The minimum absolute atomic E-state index is 0.0122. The predicted molar refractivity (Wildman–Crippen MR) is 109 cm³/mol. The zero-order chi connectivity index (χ0) is 23.1. The van der Waals surface area contributed by atoms with E-state index in [9.17, 15) is 19.2 Å². The van der Waals surface area contributed by atoms with Gasteiger partial charge in [0.05, 0.1) is 26.2 Å². The Hall–Kier alpha value is -4.01. The van der Waals surface area contributed by atoms with Crippen LogP contribution in [0.15, 0.2) is 24.0 Å². The molecule has 0 bridgehead atoms. The number of ether oxygens (including phenoxy) is 4. The van der Waals surface area contributed by atoms with Crippen molar-refractivity contribution in [2.75, 3.05) is 31.6 Å². The molecule has 0 aliphatic rings. The minimum Gasteiger partial charge on any atom is -0.472 e. The minimum atomic E-state index is -0.697. The molecular formula is C20H18N2O8S. The molecule has 0 aromatic carbocycles. The lowest BCUT2D eigenvalue weighted by Crippen LogP contribution is -2.26. The maximum absolute atomic E-state index is 12.4. The van der Waals surface area contributed by atoms with E-state index >= 15 is 0 Å². The molecule has 31 heavy (non-hydrogen) atoms. The molecule has 11 heteroatoms. The van der Waals surface area contributed by atoms with Gasteiger partial charge < -0.3 is 23.8 Å². The topological polar surface area (TPSA) is 113 Å². The summed E-state index contributed by atoms with van der Waals surface area (Å²) in [6, 6.07) is 0. The van der Waals surface area contributed by atoms with Crippen LogP contribution in [0.25, 0.3) is 4.85 Å². The standard InChI is InChI=1S/C20H18N2O8S/c1-4-29-16(25)12-15-17(21-3)19(31-18(15)20(26)30-5-2)22(13-27-10-6-8-23)14-28-11-7-9-24/h10-11H,4-5,12-14H2,1-2H3. The lowest BCUT2D eigenvalue weighted by molar-refractivity contribution is -0.142. The summed E-state index contributed by atoms with van der Waals surface area (Å²) < 4.78 is 20.3. The number of carbonyl (C=O) groups excluding carboxylic acids is 4. The summed E-state index contributed by atoms with van der Waals surface area (Å²) in [5.41, 5.74) is 4.30. The first-order valence-corrected chi connectivity index (χ1v) is 9.58. The molecule has 1 heterocycles. The van der Waals surface area contributed by atoms with E-state index in [2.05, 4.69) is 16.3 Å². The molecule has 0 saturated heterocycles. The van der Waals surface area contributed by atoms with Crippen LogP contribution in [0.1, 0.15) is 29.1 Å². The molecule has 1 aromatic rings. The summed E-state index contributed by atoms with van der Waals surface area (Å²) in [6.45, 7) is 10.6. The Kier molecular flexibility index (Phi) is 11.3. The van der Waals surface area contributed by atoms with Crippen LogP contribution in [-0.4, -0.2) is 50.5 Å². The van der Waals surface area contributed by atoms with Crippen LogP contribution in [0.5, 0.6) is 0 Å². The number of thiophene rings is 1. The van der Waals surface area contributed by atoms with E-state index in [0.29, 0.717) is 0 Å².